The highest BCUT2D eigenvalue weighted by atomic mass is 32.2. The molecule has 1 unspecified atom stereocenters. The molecule has 1 heterocycles. The van der Waals surface area contributed by atoms with Crippen molar-refractivity contribution in [1.29, 1.82) is 0 Å². The monoisotopic (exact) mass is 455 g/mol. The van der Waals surface area contributed by atoms with Gasteiger partial charge in [-0.1, -0.05) is 30.3 Å². The van der Waals surface area contributed by atoms with E-state index in [-0.39, 0.29) is 34.6 Å². The first-order valence-electron chi connectivity index (χ1n) is 10.7. The second kappa shape index (κ2) is 9.34. The van der Waals surface area contributed by atoms with Gasteiger partial charge in [-0.05, 0) is 62.4 Å². The molecule has 1 atom stereocenters. The molecule has 1 aliphatic carbocycles. The van der Waals surface area contributed by atoms with Gasteiger partial charge in [0.1, 0.15) is 10.7 Å². The highest BCUT2D eigenvalue weighted by Gasteiger charge is 2.30. The van der Waals surface area contributed by atoms with Crippen molar-refractivity contribution in [2.24, 2.45) is 5.92 Å². The van der Waals surface area contributed by atoms with E-state index in [1.807, 2.05) is 31.2 Å². The van der Waals surface area contributed by atoms with Crippen molar-refractivity contribution >= 4 is 26.8 Å². The Bertz CT molecular complexity index is 1220. The number of fused-ring (bicyclic) bond motifs is 1. The Morgan fingerprint density at radius 2 is 1.81 bits per heavy atom. The molecule has 168 valence electrons. The number of aromatic nitrogens is 1. The van der Waals surface area contributed by atoms with Gasteiger partial charge in [0.05, 0.1) is 11.6 Å². The fraction of sp³-hybridized carbons (Fsp3) is 0.333. The number of nitrogens with one attached hydrogen (secondary N) is 2. The number of halogens is 1. The smallest absolute Gasteiger partial charge is 0.242 e. The maximum atomic E-state index is 13.4. The zero-order chi connectivity index (χ0) is 22.7. The molecule has 32 heavy (non-hydrogen) atoms. The van der Waals surface area contributed by atoms with Crippen LogP contribution in [0.25, 0.3) is 10.9 Å². The molecule has 3 aromatic rings. The van der Waals surface area contributed by atoms with E-state index in [4.69, 9.17) is 0 Å². The van der Waals surface area contributed by atoms with E-state index in [0.717, 1.165) is 10.9 Å². The molecular weight excluding hydrogens is 429 g/mol. The predicted octanol–water partition coefficient (Wildman–Crippen LogP) is 4.09. The molecule has 0 aliphatic heterocycles. The van der Waals surface area contributed by atoms with Crippen LogP contribution in [0.3, 0.4) is 0 Å². The number of para-hydroxylation sites is 1. The predicted molar refractivity (Wildman–Crippen MR) is 121 cm³/mol. The number of pyridine rings is 1. The maximum absolute atomic E-state index is 13.4. The van der Waals surface area contributed by atoms with Crippen LogP contribution in [0.5, 0.6) is 0 Å². The molecule has 1 fully saturated rings. The normalized spacial score (nSPS) is 20.1. The van der Waals surface area contributed by atoms with Gasteiger partial charge in [0.2, 0.25) is 15.9 Å². The van der Waals surface area contributed by atoms with Gasteiger partial charge in [-0.3, -0.25) is 9.78 Å². The zero-order valence-electron chi connectivity index (χ0n) is 17.8. The first-order valence-corrected chi connectivity index (χ1v) is 12.2. The van der Waals surface area contributed by atoms with Crippen molar-refractivity contribution in [2.75, 3.05) is 0 Å². The number of carbonyl (C=O) groups excluding carboxylic acids is 1. The summed E-state index contributed by atoms with van der Waals surface area (Å²) in [5, 5.41) is 3.71. The summed E-state index contributed by atoms with van der Waals surface area (Å²) in [6.07, 6.45) is 3.70. The van der Waals surface area contributed by atoms with Crippen LogP contribution >= 0.6 is 0 Å². The summed E-state index contributed by atoms with van der Waals surface area (Å²) in [6.45, 7) is 1.82. The van der Waals surface area contributed by atoms with Gasteiger partial charge >= 0.3 is 0 Å². The summed E-state index contributed by atoms with van der Waals surface area (Å²) in [6, 6.07) is 14.6. The number of nitrogens with zero attached hydrogens (tertiary/aromatic N) is 1. The Hall–Kier alpha value is -2.84. The molecule has 1 aliphatic rings. The molecular formula is C24H26FN3O3S. The number of rotatable bonds is 6. The van der Waals surface area contributed by atoms with Gasteiger partial charge in [-0.15, -0.1) is 0 Å². The van der Waals surface area contributed by atoms with Crippen LogP contribution in [0.4, 0.5) is 4.39 Å². The van der Waals surface area contributed by atoms with Crippen LogP contribution in [0, 0.1) is 11.7 Å². The molecule has 0 saturated heterocycles. The van der Waals surface area contributed by atoms with Gasteiger partial charge in [-0.25, -0.2) is 17.5 Å². The molecule has 1 aromatic heterocycles. The van der Waals surface area contributed by atoms with Crippen molar-refractivity contribution in [1.82, 2.24) is 15.0 Å². The van der Waals surface area contributed by atoms with Gasteiger partial charge in [0.15, 0.2) is 0 Å². The van der Waals surface area contributed by atoms with E-state index in [1.54, 1.807) is 18.2 Å². The van der Waals surface area contributed by atoms with Crippen molar-refractivity contribution in [3.05, 3.63) is 72.2 Å². The van der Waals surface area contributed by atoms with Crippen LogP contribution in [-0.2, 0) is 14.8 Å². The van der Waals surface area contributed by atoms with Crippen LogP contribution < -0.4 is 10.0 Å². The van der Waals surface area contributed by atoms with E-state index < -0.39 is 10.0 Å². The number of hydrogen-bond acceptors (Lipinski definition) is 4. The summed E-state index contributed by atoms with van der Waals surface area (Å²) in [4.78, 5) is 17.0. The van der Waals surface area contributed by atoms with Crippen LogP contribution in [0.15, 0.2) is 65.7 Å². The first kappa shape index (κ1) is 22.4. The third-order valence-corrected chi connectivity index (χ3v) is 7.49. The maximum Gasteiger partial charge on any atom is 0.242 e. The van der Waals surface area contributed by atoms with Crippen LogP contribution in [-0.4, -0.2) is 25.4 Å². The third-order valence-electron chi connectivity index (χ3n) is 6.00. The highest BCUT2D eigenvalue weighted by Crippen LogP contribution is 2.27. The van der Waals surface area contributed by atoms with Crippen LogP contribution in [0.1, 0.15) is 44.2 Å². The fourth-order valence-corrected chi connectivity index (χ4v) is 5.43. The van der Waals surface area contributed by atoms with Gasteiger partial charge in [-0.2, -0.15) is 0 Å². The summed E-state index contributed by atoms with van der Waals surface area (Å²) in [5.74, 6) is -0.603. The summed E-state index contributed by atoms with van der Waals surface area (Å²) in [7, 11) is -3.70. The van der Waals surface area contributed by atoms with Crippen LogP contribution in [0.2, 0.25) is 0 Å². The number of sulfonamides is 1. The fourth-order valence-electron chi connectivity index (χ4n) is 4.15. The van der Waals surface area contributed by atoms with Crippen molar-refractivity contribution < 1.29 is 17.6 Å². The molecule has 0 radical (unpaired) electrons. The molecule has 2 aromatic carbocycles. The Labute approximate surface area is 187 Å². The molecule has 1 saturated carbocycles. The minimum Gasteiger partial charge on any atom is -0.349 e. The van der Waals surface area contributed by atoms with E-state index in [0.29, 0.717) is 31.2 Å². The van der Waals surface area contributed by atoms with E-state index in [2.05, 4.69) is 15.0 Å². The molecule has 4 rings (SSSR count). The van der Waals surface area contributed by atoms with E-state index >= 15 is 0 Å². The Kier molecular flexibility index (Phi) is 6.53. The summed E-state index contributed by atoms with van der Waals surface area (Å²) in [5.41, 5.74) is 1.45. The summed E-state index contributed by atoms with van der Waals surface area (Å²) >= 11 is 0. The van der Waals surface area contributed by atoms with Gasteiger partial charge < -0.3 is 5.32 Å². The Balaban J connectivity index is 1.33. The zero-order valence-corrected chi connectivity index (χ0v) is 18.6. The highest BCUT2D eigenvalue weighted by molar-refractivity contribution is 7.89. The van der Waals surface area contributed by atoms with Gasteiger partial charge in [0.25, 0.3) is 0 Å². The average molecular weight is 456 g/mol. The average Bonchev–Trinajstić information content (AvgIpc) is 2.79. The lowest BCUT2D eigenvalue weighted by atomic mass is 9.85. The lowest BCUT2D eigenvalue weighted by Gasteiger charge is -2.29. The lowest BCUT2D eigenvalue weighted by molar-refractivity contribution is -0.126. The lowest BCUT2D eigenvalue weighted by Crippen LogP contribution is -2.41. The molecule has 1 amide bonds. The third kappa shape index (κ3) is 5.14. The largest absolute Gasteiger partial charge is 0.349 e. The minimum atomic E-state index is -3.70. The number of amides is 1. The number of carbonyl (C=O) groups is 1. The molecule has 0 spiro atoms. The molecule has 6 nitrogen and oxygen atoms in total. The molecule has 8 heteroatoms. The van der Waals surface area contributed by atoms with E-state index in [1.165, 1.54) is 18.3 Å². The quantitative estimate of drug-likeness (QED) is 0.586. The second-order valence-electron chi connectivity index (χ2n) is 8.32. The molecule has 0 bridgehead atoms. The van der Waals surface area contributed by atoms with Crippen molar-refractivity contribution in [3.63, 3.8) is 0 Å². The summed E-state index contributed by atoms with van der Waals surface area (Å²) < 4.78 is 41.8. The van der Waals surface area contributed by atoms with Crippen molar-refractivity contribution in [3.8, 4) is 0 Å². The first-order chi connectivity index (χ1) is 15.3. The molecule has 2 N–H and O–H groups in total. The van der Waals surface area contributed by atoms with Gasteiger partial charge in [0, 0.05) is 23.5 Å². The Morgan fingerprint density at radius 1 is 1.06 bits per heavy atom. The van der Waals surface area contributed by atoms with E-state index in [9.17, 15) is 17.6 Å². The topological polar surface area (TPSA) is 88.2 Å². The number of benzene rings is 2. The number of hydrogen-bond donors (Lipinski definition) is 2. The standard InChI is InChI=1S/C24H26FN3O3S/c1-16(18-6-4-7-20(25)13-18)27-24(29)17-9-11-21(12-10-17)28-32(30,31)22-14-19-5-2-3-8-23(19)26-15-22/h2-8,13-17,21,28H,9-12H2,1H3,(H,27,29)/t16?,17-,21-. The second-order valence-corrected chi connectivity index (χ2v) is 10.0. The Morgan fingerprint density at radius 3 is 2.56 bits per heavy atom. The minimum absolute atomic E-state index is 0.0817. The van der Waals surface area contributed by atoms with Crippen molar-refractivity contribution in [2.45, 2.75) is 49.6 Å². The SMILES string of the molecule is CC(NC(=O)[C@H]1CC[C@H](NS(=O)(=O)c2cnc3ccccc3c2)CC1)c1cccc(F)c1.